The first-order valence-corrected chi connectivity index (χ1v) is 9.67. The lowest BCUT2D eigenvalue weighted by Crippen LogP contribution is -2.35. The number of rotatable bonds is 7. The van der Waals surface area contributed by atoms with Crippen LogP contribution in [0.3, 0.4) is 0 Å². The Kier molecular flexibility index (Phi) is 7.00. The number of benzene rings is 2. The highest BCUT2D eigenvalue weighted by atomic mass is 35.5. The number of nitrogens with one attached hydrogen (secondary N) is 5. The molecule has 0 saturated carbocycles. The zero-order valence-corrected chi connectivity index (χ0v) is 17.1. The van der Waals surface area contributed by atoms with Crippen molar-refractivity contribution in [3.63, 3.8) is 0 Å². The van der Waals surface area contributed by atoms with Crippen LogP contribution in [0, 0.1) is 5.82 Å². The van der Waals surface area contributed by atoms with Gasteiger partial charge in [0.1, 0.15) is 5.82 Å². The third-order valence-corrected chi connectivity index (χ3v) is 4.67. The summed E-state index contributed by atoms with van der Waals surface area (Å²) in [6.45, 7) is -0.435. The van der Waals surface area contributed by atoms with Crippen LogP contribution in [0.1, 0.15) is 16.8 Å². The van der Waals surface area contributed by atoms with E-state index in [1.165, 1.54) is 24.3 Å². The van der Waals surface area contributed by atoms with Gasteiger partial charge in [0, 0.05) is 13.0 Å². The Bertz CT molecular complexity index is 1320. The minimum atomic E-state index is -0.618. The first kappa shape index (κ1) is 22.7. The zero-order valence-electron chi connectivity index (χ0n) is 16.4. The maximum absolute atomic E-state index is 13.0. The molecule has 0 unspecified atom stereocenters. The Hall–Kier alpha value is -3.99. The van der Waals surface area contributed by atoms with E-state index in [-0.39, 0.29) is 40.0 Å². The fourth-order valence-corrected chi connectivity index (χ4v) is 3.11. The number of hydrogen-bond acceptors (Lipinski definition) is 5. The van der Waals surface area contributed by atoms with Crippen molar-refractivity contribution in [2.24, 2.45) is 0 Å². The molecule has 166 valence electrons. The molecule has 0 bridgehead atoms. The number of hydrogen-bond donors (Lipinski definition) is 5. The van der Waals surface area contributed by atoms with Gasteiger partial charge in [-0.1, -0.05) is 17.7 Å². The van der Waals surface area contributed by atoms with Gasteiger partial charge in [0.2, 0.25) is 11.8 Å². The van der Waals surface area contributed by atoms with Crippen molar-refractivity contribution in [2.45, 2.75) is 6.42 Å². The molecule has 3 amide bonds. The molecule has 10 nitrogen and oxygen atoms in total. The summed E-state index contributed by atoms with van der Waals surface area (Å²) in [4.78, 5) is 59.9. The summed E-state index contributed by atoms with van der Waals surface area (Å²) in [6.07, 6.45) is -0.124. The number of aromatic amines is 2. The number of H-pyrrole nitrogens is 2. The van der Waals surface area contributed by atoms with Gasteiger partial charge in [-0.25, -0.2) is 4.39 Å². The quantitative estimate of drug-likeness (QED) is 0.353. The van der Waals surface area contributed by atoms with E-state index in [1.54, 1.807) is 0 Å². The highest BCUT2D eigenvalue weighted by molar-refractivity contribution is 6.33. The molecule has 3 rings (SSSR count). The Labute approximate surface area is 184 Å². The lowest BCUT2D eigenvalue weighted by Gasteiger charge is -2.09. The van der Waals surface area contributed by atoms with Crippen molar-refractivity contribution in [3.8, 4) is 0 Å². The monoisotopic (exact) mass is 461 g/mol. The number of anilines is 1. The summed E-state index contributed by atoms with van der Waals surface area (Å²) in [6, 6.07) is 7.71. The Morgan fingerprint density at radius 3 is 2.47 bits per heavy atom. The van der Waals surface area contributed by atoms with Gasteiger partial charge in [-0.05, 0) is 30.3 Å². The van der Waals surface area contributed by atoms with Gasteiger partial charge >= 0.3 is 0 Å². The van der Waals surface area contributed by atoms with E-state index in [0.717, 1.165) is 12.1 Å². The van der Waals surface area contributed by atoms with Gasteiger partial charge in [0.15, 0.2) is 0 Å². The van der Waals surface area contributed by atoms with E-state index in [9.17, 15) is 28.4 Å². The molecule has 0 atom stereocenters. The molecule has 0 saturated heterocycles. The minimum Gasteiger partial charge on any atom is -0.351 e. The maximum Gasteiger partial charge on any atom is 0.272 e. The molecule has 0 aliphatic heterocycles. The number of halogens is 2. The minimum absolute atomic E-state index is 0.0121. The average molecular weight is 462 g/mol. The second-order valence-electron chi connectivity index (χ2n) is 6.59. The summed E-state index contributed by atoms with van der Waals surface area (Å²) in [5, 5.41) is 11.8. The number of amides is 3. The third-order valence-electron chi connectivity index (χ3n) is 4.36. The van der Waals surface area contributed by atoms with Gasteiger partial charge in [-0.2, -0.15) is 0 Å². The van der Waals surface area contributed by atoms with E-state index < -0.39 is 41.2 Å². The highest BCUT2D eigenvalue weighted by Gasteiger charge is 2.13. The predicted octanol–water partition coefficient (Wildman–Crippen LogP) is 0.884. The lowest BCUT2D eigenvalue weighted by atomic mass is 10.1. The first-order chi connectivity index (χ1) is 15.3. The molecule has 32 heavy (non-hydrogen) atoms. The molecule has 0 spiro atoms. The van der Waals surface area contributed by atoms with Crippen LogP contribution in [-0.2, 0) is 9.59 Å². The molecule has 0 fully saturated rings. The van der Waals surface area contributed by atoms with Crippen LogP contribution in [-0.4, -0.2) is 41.0 Å². The van der Waals surface area contributed by atoms with Crippen LogP contribution >= 0.6 is 11.6 Å². The van der Waals surface area contributed by atoms with Crippen LogP contribution in [0.4, 0.5) is 10.1 Å². The van der Waals surface area contributed by atoms with Crippen molar-refractivity contribution in [3.05, 3.63) is 73.5 Å². The van der Waals surface area contributed by atoms with Gasteiger partial charge < -0.3 is 16.0 Å². The van der Waals surface area contributed by atoms with Crippen molar-refractivity contribution < 1.29 is 18.8 Å². The second-order valence-corrected chi connectivity index (χ2v) is 7.00. The van der Waals surface area contributed by atoms with E-state index in [4.69, 9.17) is 11.6 Å². The number of aromatic nitrogens is 2. The summed E-state index contributed by atoms with van der Waals surface area (Å²) < 4.78 is 13.0. The van der Waals surface area contributed by atoms with E-state index in [0.29, 0.717) is 0 Å². The van der Waals surface area contributed by atoms with Gasteiger partial charge in [-0.3, -0.25) is 34.2 Å². The Morgan fingerprint density at radius 1 is 0.969 bits per heavy atom. The van der Waals surface area contributed by atoms with Crippen molar-refractivity contribution in [1.82, 2.24) is 20.8 Å². The molecule has 0 aliphatic rings. The molecule has 12 heteroatoms. The highest BCUT2D eigenvalue weighted by Crippen LogP contribution is 2.17. The third kappa shape index (κ3) is 5.38. The number of fused-ring (bicyclic) bond motifs is 1. The summed E-state index contributed by atoms with van der Waals surface area (Å²) >= 11 is 5.81. The van der Waals surface area contributed by atoms with Crippen molar-refractivity contribution >= 4 is 45.8 Å². The summed E-state index contributed by atoms with van der Waals surface area (Å²) in [7, 11) is 0. The summed E-state index contributed by atoms with van der Waals surface area (Å²) in [5.74, 6) is -2.29. The molecular weight excluding hydrogens is 445 g/mol. The number of carbonyl (C=O) groups excluding carboxylic acids is 3. The van der Waals surface area contributed by atoms with E-state index in [2.05, 4.69) is 26.1 Å². The fourth-order valence-electron chi connectivity index (χ4n) is 2.85. The van der Waals surface area contributed by atoms with Crippen LogP contribution in [0.5, 0.6) is 0 Å². The van der Waals surface area contributed by atoms with Crippen LogP contribution in [0.2, 0.25) is 5.02 Å². The van der Waals surface area contributed by atoms with Crippen molar-refractivity contribution in [1.29, 1.82) is 0 Å². The Morgan fingerprint density at radius 2 is 1.72 bits per heavy atom. The van der Waals surface area contributed by atoms with Gasteiger partial charge in [0.25, 0.3) is 17.0 Å². The van der Waals surface area contributed by atoms with Crippen LogP contribution < -0.4 is 27.1 Å². The second kappa shape index (κ2) is 9.88. The molecule has 0 aliphatic carbocycles. The molecule has 0 radical (unpaired) electrons. The SMILES string of the molecule is O=C(CCNC(=O)c1ccc(F)cc1Cl)NCC(=O)Nc1cccc2c(=O)[nH][nH]c(=O)c12. The number of carbonyl (C=O) groups is 3. The van der Waals surface area contributed by atoms with Crippen LogP contribution in [0.15, 0.2) is 46.0 Å². The maximum atomic E-state index is 13.0. The Balaban J connectivity index is 1.49. The zero-order chi connectivity index (χ0) is 23.3. The molecule has 3 aromatic rings. The molecule has 5 N–H and O–H groups in total. The lowest BCUT2D eigenvalue weighted by molar-refractivity contribution is -0.124. The van der Waals surface area contributed by atoms with E-state index >= 15 is 0 Å². The fraction of sp³-hybridized carbons (Fsp3) is 0.150. The largest absolute Gasteiger partial charge is 0.351 e. The van der Waals surface area contributed by atoms with Gasteiger partial charge in [0.05, 0.1) is 33.6 Å². The van der Waals surface area contributed by atoms with Crippen molar-refractivity contribution in [2.75, 3.05) is 18.4 Å². The molecular formula is C20H17ClFN5O5. The topological polar surface area (TPSA) is 153 Å². The van der Waals surface area contributed by atoms with Gasteiger partial charge in [-0.15, -0.1) is 0 Å². The standard InChI is InChI=1S/C20H17ClFN5O5/c21-13-8-10(22)4-5-11(13)18(30)23-7-6-15(28)24-9-16(29)25-14-3-1-2-12-17(14)20(32)27-26-19(12)31/h1-5,8H,6-7,9H2,(H,23,30)(H,24,28)(H,25,29)(H,26,31)(H,27,32). The molecule has 1 aromatic heterocycles. The molecule has 1 heterocycles. The summed E-state index contributed by atoms with van der Waals surface area (Å²) in [5.41, 5.74) is -0.918. The molecule has 2 aromatic carbocycles. The predicted molar refractivity (Wildman–Crippen MR) is 115 cm³/mol. The normalized spacial score (nSPS) is 10.6. The van der Waals surface area contributed by atoms with Crippen LogP contribution in [0.25, 0.3) is 10.8 Å². The smallest absolute Gasteiger partial charge is 0.272 e. The first-order valence-electron chi connectivity index (χ1n) is 9.29. The van der Waals surface area contributed by atoms with E-state index in [1.807, 2.05) is 0 Å². The average Bonchev–Trinajstić information content (AvgIpc) is 2.75.